The fraction of sp³-hybridized carbons (Fsp3) is 0.444. The lowest BCUT2D eigenvalue weighted by molar-refractivity contribution is -0.145. The molecule has 1 heterocycles. The molecule has 2 amide bonds. The number of halogens is 1. The van der Waals surface area contributed by atoms with Crippen molar-refractivity contribution in [3.05, 3.63) is 63.6 Å². The predicted octanol–water partition coefficient (Wildman–Crippen LogP) is 5.10. The van der Waals surface area contributed by atoms with Crippen molar-refractivity contribution in [1.82, 2.24) is 4.90 Å². The van der Waals surface area contributed by atoms with Gasteiger partial charge in [0.2, 0.25) is 5.91 Å². The monoisotopic (exact) mass is 543 g/mol. The van der Waals surface area contributed by atoms with Gasteiger partial charge in [-0.2, -0.15) is 0 Å². The summed E-state index contributed by atoms with van der Waals surface area (Å²) >= 11 is 3.67. The summed E-state index contributed by atoms with van der Waals surface area (Å²) in [5, 5.41) is 12.0. The zero-order valence-corrected chi connectivity index (χ0v) is 22.1. The van der Waals surface area contributed by atoms with Crippen LogP contribution < -0.4 is 11.1 Å². The van der Waals surface area contributed by atoms with Gasteiger partial charge in [-0.1, -0.05) is 61.2 Å². The number of carbonyl (C=O) groups excluding carboxylic acids is 2. The molecule has 1 fully saturated rings. The van der Waals surface area contributed by atoms with Gasteiger partial charge < -0.3 is 21.1 Å². The van der Waals surface area contributed by atoms with Crippen LogP contribution in [0.15, 0.2) is 46.9 Å². The van der Waals surface area contributed by atoms with Crippen LogP contribution in [0.3, 0.4) is 0 Å². The quantitative estimate of drug-likeness (QED) is 0.496. The standard InChI is InChI=1S/C26H29BrN2O4.CH5N/c1-26(2)15-29(24(31)16-7-4-3-5-8-16)22(19-9-6-10-20(27)21(19)26)23(30)28-18-13-11-17(12-14-18)25(32)33;1-2/h6,9-14,16,22H,3-5,7-8,15H2,1-2H3,(H,28,30)(H,32,33);2H2,1H3. The highest BCUT2D eigenvalue weighted by molar-refractivity contribution is 9.10. The molecule has 0 saturated heterocycles. The van der Waals surface area contributed by atoms with Gasteiger partial charge in [-0.3, -0.25) is 9.59 Å². The van der Waals surface area contributed by atoms with Gasteiger partial charge in [0, 0.05) is 28.0 Å². The number of aromatic carboxylic acids is 1. The third-order valence-corrected chi connectivity index (χ3v) is 7.44. The van der Waals surface area contributed by atoms with Crippen molar-refractivity contribution in [3.8, 4) is 0 Å². The van der Waals surface area contributed by atoms with Gasteiger partial charge in [0.05, 0.1) is 5.56 Å². The molecule has 0 spiro atoms. The molecular formula is C27H34BrN3O4. The first kappa shape index (κ1) is 26.9. The van der Waals surface area contributed by atoms with Gasteiger partial charge in [0.1, 0.15) is 6.04 Å². The highest BCUT2D eigenvalue weighted by Gasteiger charge is 2.45. The van der Waals surface area contributed by atoms with Crippen LogP contribution in [0, 0.1) is 5.92 Å². The Labute approximate surface area is 215 Å². The normalized spacial score (nSPS) is 19.1. The zero-order valence-electron chi connectivity index (χ0n) is 20.5. The second kappa shape index (κ2) is 11.4. The Morgan fingerprint density at radius 2 is 1.66 bits per heavy atom. The van der Waals surface area contributed by atoms with Crippen LogP contribution in [0.4, 0.5) is 5.69 Å². The van der Waals surface area contributed by atoms with Gasteiger partial charge in [0.25, 0.3) is 5.91 Å². The van der Waals surface area contributed by atoms with E-state index in [1.807, 2.05) is 18.2 Å². The minimum absolute atomic E-state index is 0.0478. The summed E-state index contributed by atoms with van der Waals surface area (Å²) in [6.07, 6.45) is 4.98. The maximum Gasteiger partial charge on any atom is 0.335 e. The molecule has 1 unspecified atom stereocenters. The minimum atomic E-state index is -1.02. The van der Waals surface area contributed by atoms with E-state index in [1.165, 1.54) is 19.2 Å². The van der Waals surface area contributed by atoms with E-state index in [-0.39, 0.29) is 28.7 Å². The molecule has 4 rings (SSSR count). The number of nitrogens with zero attached hydrogens (tertiary/aromatic N) is 1. The number of rotatable bonds is 4. The number of carboxylic acids is 1. The van der Waals surface area contributed by atoms with Crippen molar-refractivity contribution < 1.29 is 19.5 Å². The van der Waals surface area contributed by atoms with Crippen LogP contribution >= 0.6 is 15.9 Å². The summed E-state index contributed by atoms with van der Waals surface area (Å²) < 4.78 is 0.929. The van der Waals surface area contributed by atoms with Crippen molar-refractivity contribution in [2.75, 3.05) is 18.9 Å². The van der Waals surface area contributed by atoms with Crippen molar-refractivity contribution in [3.63, 3.8) is 0 Å². The van der Waals surface area contributed by atoms with Crippen molar-refractivity contribution in [1.29, 1.82) is 0 Å². The predicted molar refractivity (Wildman–Crippen MR) is 140 cm³/mol. The number of nitrogens with one attached hydrogen (secondary N) is 1. The second-order valence-corrected chi connectivity index (χ2v) is 10.5. The SMILES string of the molecule is CC1(C)CN(C(=O)C2CCCCC2)C(C(=O)Nc2ccc(C(=O)O)cc2)c2cccc(Br)c21.CN. The van der Waals surface area contributed by atoms with E-state index in [0.717, 1.165) is 47.7 Å². The van der Waals surface area contributed by atoms with Crippen LogP contribution in [-0.2, 0) is 15.0 Å². The Kier molecular flexibility index (Phi) is 8.72. The Bertz CT molecular complexity index is 1080. The number of amides is 2. The maximum atomic E-state index is 13.7. The number of carbonyl (C=O) groups is 3. The molecular weight excluding hydrogens is 510 g/mol. The molecule has 0 radical (unpaired) electrons. The number of anilines is 1. The van der Waals surface area contributed by atoms with E-state index in [9.17, 15) is 14.4 Å². The van der Waals surface area contributed by atoms with Crippen molar-refractivity contribution >= 4 is 39.4 Å². The molecule has 1 aliphatic carbocycles. The maximum absolute atomic E-state index is 13.7. The summed E-state index contributed by atoms with van der Waals surface area (Å²) in [4.78, 5) is 40.2. The van der Waals surface area contributed by atoms with Gasteiger partial charge in [-0.25, -0.2) is 4.79 Å². The first-order valence-corrected chi connectivity index (χ1v) is 12.8. The van der Waals surface area contributed by atoms with E-state index in [1.54, 1.807) is 17.0 Å². The minimum Gasteiger partial charge on any atom is -0.478 e. The lowest BCUT2D eigenvalue weighted by atomic mass is 9.74. The molecule has 4 N–H and O–H groups in total. The topological polar surface area (TPSA) is 113 Å². The molecule has 1 aliphatic heterocycles. The number of carboxylic acid groups (broad SMARTS) is 1. The van der Waals surface area contributed by atoms with Crippen LogP contribution in [-0.4, -0.2) is 41.4 Å². The lowest BCUT2D eigenvalue weighted by Gasteiger charge is -2.46. The summed E-state index contributed by atoms with van der Waals surface area (Å²) in [6.45, 7) is 4.67. The van der Waals surface area contributed by atoms with Crippen molar-refractivity contribution in [2.45, 2.75) is 57.4 Å². The van der Waals surface area contributed by atoms with Crippen LogP contribution in [0.25, 0.3) is 0 Å². The molecule has 2 aromatic carbocycles. The number of hydrogen-bond acceptors (Lipinski definition) is 4. The molecule has 0 aromatic heterocycles. The van der Waals surface area contributed by atoms with Crippen LogP contribution in [0.5, 0.6) is 0 Å². The molecule has 8 heteroatoms. The summed E-state index contributed by atoms with van der Waals surface area (Å²) in [5.41, 5.74) is 6.69. The molecule has 7 nitrogen and oxygen atoms in total. The Morgan fingerprint density at radius 3 is 2.26 bits per heavy atom. The molecule has 0 bridgehead atoms. The average Bonchev–Trinajstić information content (AvgIpc) is 2.85. The van der Waals surface area contributed by atoms with Crippen molar-refractivity contribution in [2.24, 2.45) is 11.7 Å². The molecule has 1 atom stereocenters. The van der Waals surface area contributed by atoms with Gasteiger partial charge >= 0.3 is 5.97 Å². The van der Waals surface area contributed by atoms with Crippen LogP contribution in [0.2, 0.25) is 0 Å². The number of nitrogens with two attached hydrogens (primary N) is 1. The summed E-state index contributed by atoms with van der Waals surface area (Å²) in [6, 6.07) is 11.1. The van der Waals surface area contributed by atoms with Gasteiger partial charge in [-0.05, 0) is 61.3 Å². The molecule has 2 aliphatic rings. The third-order valence-electron chi connectivity index (χ3n) is 6.78. The van der Waals surface area contributed by atoms with E-state index in [4.69, 9.17) is 5.11 Å². The molecule has 35 heavy (non-hydrogen) atoms. The van der Waals surface area contributed by atoms with E-state index >= 15 is 0 Å². The highest BCUT2D eigenvalue weighted by Crippen LogP contribution is 2.44. The Morgan fingerprint density at radius 1 is 1.03 bits per heavy atom. The molecule has 188 valence electrons. The fourth-order valence-electron chi connectivity index (χ4n) is 5.23. The van der Waals surface area contributed by atoms with Gasteiger partial charge in [-0.15, -0.1) is 0 Å². The molecule has 1 saturated carbocycles. The highest BCUT2D eigenvalue weighted by atomic mass is 79.9. The first-order valence-electron chi connectivity index (χ1n) is 12.0. The summed E-state index contributed by atoms with van der Waals surface area (Å²) in [7, 11) is 1.50. The zero-order chi connectivity index (χ0) is 25.8. The number of hydrogen-bond donors (Lipinski definition) is 3. The largest absolute Gasteiger partial charge is 0.478 e. The average molecular weight is 544 g/mol. The van der Waals surface area contributed by atoms with E-state index < -0.39 is 12.0 Å². The van der Waals surface area contributed by atoms with E-state index in [0.29, 0.717) is 12.2 Å². The number of fused-ring (bicyclic) bond motifs is 1. The molecule has 2 aromatic rings. The number of benzene rings is 2. The first-order chi connectivity index (χ1) is 16.7. The van der Waals surface area contributed by atoms with E-state index in [2.05, 4.69) is 40.8 Å². The fourth-order valence-corrected chi connectivity index (χ4v) is 6.14. The Balaban J connectivity index is 0.00000167. The van der Waals surface area contributed by atoms with Gasteiger partial charge in [0.15, 0.2) is 0 Å². The summed E-state index contributed by atoms with van der Waals surface area (Å²) in [5.74, 6) is -1.31. The Hall–Kier alpha value is -2.71. The third kappa shape index (κ3) is 5.76. The lowest BCUT2D eigenvalue weighted by Crippen LogP contribution is -2.53. The smallest absolute Gasteiger partial charge is 0.335 e. The van der Waals surface area contributed by atoms with Crippen LogP contribution in [0.1, 0.15) is 73.5 Å². The second-order valence-electron chi connectivity index (χ2n) is 9.66.